The molecular formula is C30H29F3N2O6. The molecule has 1 aliphatic carbocycles. The summed E-state index contributed by atoms with van der Waals surface area (Å²) in [4.78, 5) is 36.7. The molecule has 0 saturated carbocycles. The zero-order valence-corrected chi connectivity index (χ0v) is 22.1. The Hall–Kier alpha value is -4.38. The van der Waals surface area contributed by atoms with Crippen molar-refractivity contribution in [3.8, 4) is 11.1 Å². The highest BCUT2D eigenvalue weighted by molar-refractivity contribution is 5.85. The van der Waals surface area contributed by atoms with Crippen LogP contribution < -0.4 is 10.6 Å². The van der Waals surface area contributed by atoms with Crippen molar-refractivity contribution in [3.63, 3.8) is 0 Å². The lowest BCUT2D eigenvalue weighted by atomic mass is 9.98. The first-order chi connectivity index (χ1) is 19.5. The monoisotopic (exact) mass is 570 g/mol. The Labute approximate surface area is 234 Å². The van der Waals surface area contributed by atoms with Crippen molar-refractivity contribution in [2.24, 2.45) is 0 Å². The van der Waals surface area contributed by atoms with Crippen LogP contribution in [-0.4, -0.2) is 54.0 Å². The number of carboxylic acids is 1. The Balaban J connectivity index is 1.35. The van der Waals surface area contributed by atoms with Crippen molar-refractivity contribution < 1.29 is 42.1 Å². The fraction of sp³-hybridized carbons (Fsp3) is 0.300. The highest BCUT2D eigenvalue weighted by Crippen LogP contribution is 2.44. The first kappa shape index (κ1) is 29.6. The molecule has 11 heteroatoms. The van der Waals surface area contributed by atoms with Crippen LogP contribution in [0.3, 0.4) is 0 Å². The van der Waals surface area contributed by atoms with Gasteiger partial charge in [0.2, 0.25) is 5.91 Å². The lowest BCUT2D eigenvalue weighted by Crippen LogP contribution is -2.52. The van der Waals surface area contributed by atoms with Crippen LogP contribution in [0.2, 0.25) is 0 Å². The molecule has 2 amide bonds. The molecule has 0 bridgehead atoms. The standard InChI is InChI=1S/C30H29F3N2O6/c1-18(40-16-19-9-3-2-4-10-19)27(28(37)38)35-26(36)15-25(30(31,32)33)34-29(39)41-17-24-22-13-7-5-11-20(22)21-12-6-8-14-23(21)24/h2-14,18,24-25,27H,15-17H2,1H3,(H,34,39)(H,35,36)(H,37,38)/t18-,25?,27+/m0/s1. The molecule has 4 rings (SSSR count). The number of carbonyl (C=O) groups is 3. The van der Waals surface area contributed by atoms with Crippen molar-refractivity contribution >= 4 is 18.0 Å². The van der Waals surface area contributed by atoms with Crippen molar-refractivity contribution in [2.75, 3.05) is 6.61 Å². The van der Waals surface area contributed by atoms with Gasteiger partial charge in [-0.25, -0.2) is 9.59 Å². The quantitative estimate of drug-likeness (QED) is 0.298. The minimum Gasteiger partial charge on any atom is -0.480 e. The van der Waals surface area contributed by atoms with E-state index in [2.05, 4.69) is 5.32 Å². The Morgan fingerprint density at radius 3 is 2.00 bits per heavy atom. The summed E-state index contributed by atoms with van der Waals surface area (Å²) in [6, 6.07) is 19.6. The zero-order valence-electron chi connectivity index (χ0n) is 22.1. The minimum absolute atomic E-state index is 0.0379. The zero-order chi connectivity index (χ0) is 29.6. The van der Waals surface area contributed by atoms with Gasteiger partial charge in [-0.2, -0.15) is 13.2 Å². The van der Waals surface area contributed by atoms with Gasteiger partial charge in [-0.05, 0) is 34.7 Å². The molecule has 0 radical (unpaired) electrons. The summed E-state index contributed by atoms with van der Waals surface area (Å²) >= 11 is 0. The van der Waals surface area contributed by atoms with E-state index in [-0.39, 0.29) is 19.1 Å². The van der Waals surface area contributed by atoms with E-state index in [1.807, 2.05) is 48.5 Å². The van der Waals surface area contributed by atoms with E-state index in [0.717, 1.165) is 27.8 Å². The molecule has 8 nitrogen and oxygen atoms in total. The second-order valence-corrected chi connectivity index (χ2v) is 9.65. The minimum atomic E-state index is -5.00. The second kappa shape index (κ2) is 12.9. The number of halogens is 3. The molecule has 0 heterocycles. The van der Waals surface area contributed by atoms with Crippen LogP contribution in [0.1, 0.15) is 36.0 Å². The van der Waals surface area contributed by atoms with E-state index in [9.17, 15) is 32.7 Å². The normalized spacial score (nSPS) is 14.7. The highest BCUT2D eigenvalue weighted by atomic mass is 19.4. The predicted octanol–water partition coefficient (Wildman–Crippen LogP) is 5.02. The summed E-state index contributed by atoms with van der Waals surface area (Å²) in [7, 11) is 0. The van der Waals surface area contributed by atoms with Gasteiger partial charge in [0.1, 0.15) is 12.6 Å². The maximum absolute atomic E-state index is 13.7. The molecule has 0 aliphatic heterocycles. The Morgan fingerprint density at radius 1 is 0.878 bits per heavy atom. The summed E-state index contributed by atoms with van der Waals surface area (Å²) in [5.74, 6) is -3.07. The van der Waals surface area contributed by atoms with Gasteiger partial charge in [-0.3, -0.25) is 4.79 Å². The van der Waals surface area contributed by atoms with Gasteiger partial charge in [0.05, 0.1) is 19.1 Å². The van der Waals surface area contributed by atoms with Crippen LogP contribution >= 0.6 is 0 Å². The van der Waals surface area contributed by atoms with Gasteiger partial charge in [0.25, 0.3) is 0 Å². The molecule has 3 atom stereocenters. The number of aliphatic carboxylic acids is 1. The van der Waals surface area contributed by atoms with Crippen molar-refractivity contribution in [3.05, 3.63) is 95.6 Å². The Morgan fingerprint density at radius 2 is 1.44 bits per heavy atom. The number of carboxylic acid groups (broad SMARTS) is 1. The second-order valence-electron chi connectivity index (χ2n) is 9.65. The number of rotatable bonds is 11. The van der Waals surface area contributed by atoms with Crippen molar-refractivity contribution in [1.82, 2.24) is 10.6 Å². The van der Waals surface area contributed by atoms with Crippen LogP contribution in [0, 0.1) is 0 Å². The third kappa shape index (κ3) is 7.43. The number of amides is 2. The number of benzene rings is 3. The number of hydrogen-bond acceptors (Lipinski definition) is 5. The number of fused-ring (bicyclic) bond motifs is 3. The lowest BCUT2D eigenvalue weighted by Gasteiger charge is -2.25. The summed E-state index contributed by atoms with van der Waals surface area (Å²) in [6.07, 6.45) is -8.66. The molecule has 3 aromatic carbocycles. The highest BCUT2D eigenvalue weighted by Gasteiger charge is 2.43. The van der Waals surface area contributed by atoms with Crippen LogP contribution in [-0.2, 0) is 25.7 Å². The molecule has 216 valence electrons. The fourth-order valence-corrected chi connectivity index (χ4v) is 4.73. The lowest BCUT2D eigenvalue weighted by molar-refractivity contribution is -0.161. The third-order valence-corrected chi connectivity index (χ3v) is 6.83. The molecule has 0 fully saturated rings. The van der Waals surface area contributed by atoms with E-state index in [1.54, 1.807) is 35.6 Å². The van der Waals surface area contributed by atoms with Crippen molar-refractivity contribution in [1.29, 1.82) is 0 Å². The van der Waals surface area contributed by atoms with E-state index in [4.69, 9.17) is 9.47 Å². The Kier molecular flexibility index (Phi) is 9.28. The number of alkyl carbamates (subject to hydrolysis) is 1. The molecule has 3 aromatic rings. The van der Waals surface area contributed by atoms with Gasteiger partial charge in [-0.1, -0.05) is 78.9 Å². The molecule has 3 N–H and O–H groups in total. The Bertz CT molecular complexity index is 1340. The molecule has 41 heavy (non-hydrogen) atoms. The van der Waals surface area contributed by atoms with Crippen molar-refractivity contribution in [2.45, 2.75) is 50.2 Å². The first-order valence-corrected chi connectivity index (χ1v) is 12.9. The SMILES string of the molecule is C[C@H](OCc1ccccc1)[C@@H](NC(=O)CC(NC(=O)OCC1c2ccccc2-c2ccccc21)C(F)(F)F)C(=O)O. The molecule has 0 aromatic heterocycles. The number of hydrogen-bond donors (Lipinski definition) is 3. The van der Waals surface area contributed by atoms with Gasteiger partial charge < -0.3 is 25.2 Å². The maximum Gasteiger partial charge on any atom is 0.409 e. The largest absolute Gasteiger partial charge is 0.480 e. The van der Waals surface area contributed by atoms with E-state index in [1.165, 1.54) is 6.92 Å². The smallest absolute Gasteiger partial charge is 0.409 e. The number of nitrogens with one attached hydrogen (secondary N) is 2. The van der Waals surface area contributed by atoms with E-state index >= 15 is 0 Å². The van der Waals surface area contributed by atoms with Crippen LogP contribution in [0.5, 0.6) is 0 Å². The van der Waals surface area contributed by atoms with Gasteiger partial charge in [0, 0.05) is 5.92 Å². The third-order valence-electron chi connectivity index (χ3n) is 6.83. The molecule has 0 spiro atoms. The topological polar surface area (TPSA) is 114 Å². The average Bonchev–Trinajstić information content (AvgIpc) is 3.26. The fourth-order valence-electron chi connectivity index (χ4n) is 4.73. The van der Waals surface area contributed by atoms with Gasteiger partial charge in [0.15, 0.2) is 6.04 Å². The summed E-state index contributed by atoms with van der Waals surface area (Å²) in [6.45, 7) is 1.21. The van der Waals surface area contributed by atoms with Crippen LogP contribution in [0.15, 0.2) is 78.9 Å². The predicted molar refractivity (Wildman–Crippen MR) is 143 cm³/mol. The first-order valence-electron chi connectivity index (χ1n) is 12.9. The van der Waals surface area contributed by atoms with Gasteiger partial charge in [-0.15, -0.1) is 0 Å². The van der Waals surface area contributed by atoms with Crippen LogP contribution in [0.4, 0.5) is 18.0 Å². The number of alkyl halides is 3. The molecular weight excluding hydrogens is 541 g/mol. The van der Waals surface area contributed by atoms with E-state index in [0.29, 0.717) is 0 Å². The maximum atomic E-state index is 13.7. The van der Waals surface area contributed by atoms with Gasteiger partial charge >= 0.3 is 18.2 Å². The molecule has 1 unspecified atom stereocenters. The molecule has 0 saturated heterocycles. The summed E-state index contributed by atoms with van der Waals surface area (Å²) in [5, 5.41) is 13.3. The van der Waals surface area contributed by atoms with E-state index < -0.39 is 48.8 Å². The summed E-state index contributed by atoms with van der Waals surface area (Å²) in [5.41, 5.74) is 4.43. The van der Waals surface area contributed by atoms with Crippen LogP contribution in [0.25, 0.3) is 11.1 Å². The number of ether oxygens (including phenoxy) is 2. The molecule has 1 aliphatic rings. The summed E-state index contributed by atoms with van der Waals surface area (Å²) < 4.78 is 51.9. The average molecular weight is 571 g/mol. The number of carbonyl (C=O) groups excluding carboxylic acids is 2.